The van der Waals surface area contributed by atoms with Crippen LogP contribution in [0.25, 0.3) is 0 Å². The Kier molecular flexibility index (Phi) is 5.79. The molecule has 0 saturated heterocycles. The number of anilines is 1. The van der Waals surface area contributed by atoms with Crippen LogP contribution in [-0.4, -0.2) is 25.5 Å². The largest absolute Gasteiger partial charge is 0.496 e. The molecular weight excluding hydrogens is 340 g/mol. The van der Waals surface area contributed by atoms with Crippen LogP contribution in [0.1, 0.15) is 23.1 Å². The molecule has 5 nitrogen and oxygen atoms in total. The number of rotatable bonds is 7. The zero-order valence-electron chi connectivity index (χ0n) is 16.0. The van der Waals surface area contributed by atoms with Gasteiger partial charge in [0.1, 0.15) is 5.75 Å². The van der Waals surface area contributed by atoms with Crippen LogP contribution in [0, 0.1) is 25.7 Å². The second-order valence-corrected chi connectivity index (χ2v) is 7.11. The van der Waals surface area contributed by atoms with Gasteiger partial charge in [0.05, 0.1) is 18.9 Å². The van der Waals surface area contributed by atoms with Crippen LogP contribution < -0.4 is 15.4 Å². The van der Waals surface area contributed by atoms with E-state index in [9.17, 15) is 9.59 Å². The number of hydrogen-bond acceptors (Lipinski definition) is 3. The molecule has 1 fully saturated rings. The highest BCUT2D eigenvalue weighted by molar-refractivity contribution is 5.99. The Balaban J connectivity index is 1.47. The van der Waals surface area contributed by atoms with Crippen LogP contribution in [-0.2, 0) is 16.0 Å². The summed E-state index contributed by atoms with van der Waals surface area (Å²) in [6.45, 7) is 4.48. The van der Waals surface area contributed by atoms with Crippen molar-refractivity contribution in [2.24, 2.45) is 11.8 Å². The Labute approximate surface area is 160 Å². The molecule has 3 rings (SSSR count). The van der Waals surface area contributed by atoms with E-state index in [4.69, 9.17) is 4.74 Å². The number of aryl methyl sites for hydroxylation is 2. The molecular formula is C22H26N2O3. The predicted molar refractivity (Wildman–Crippen MR) is 106 cm³/mol. The molecule has 27 heavy (non-hydrogen) atoms. The quantitative estimate of drug-likeness (QED) is 0.790. The first-order chi connectivity index (χ1) is 13.0. The molecule has 2 unspecified atom stereocenters. The molecule has 2 N–H and O–H groups in total. The molecule has 1 aliphatic rings. The molecule has 0 aliphatic heterocycles. The van der Waals surface area contributed by atoms with E-state index < -0.39 is 0 Å². The second-order valence-electron chi connectivity index (χ2n) is 7.11. The van der Waals surface area contributed by atoms with Gasteiger partial charge in [-0.1, -0.05) is 30.3 Å². The van der Waals surface area contributed by atoms with E-state index in [1.807, 2.05) is 56.3 Å². The predicted octanol–water partition coefficient (Wildman–Crippen LogP) is 3.25. The number of para-hydroxylation sites is 1. The number of ether oxygens (including phenoxy) is 1. The van der Waals surface area contributed by atoms with E-state index in [0.29, 0.717) is 19.4 Å². The summed E-state index contributed by atoms with van der Waals surface area (Å²) in [6, 6.07) is 13.7. The average Bonchev–Trinajstić information content (AvgIpc) is 3.46. The van der Waals surface area contributed by atoms with Gasteiger partial charge in [0.15, 0.2) is 0 Å². The number of methoxy groups -OCH3 is 1. The Morgan fingerprint density at radius 3 is 2.59 bits per heavy atom. The number of nitrogens with one attached hydrogen (secondary N) is 2. The van der Waals surface area contributed by atoms with E-state index in [1.165, 1.54) is 0 Å². The molecule has 1 saturated carbocycles. The van der Waals surface area contributed by atoms with Crippen molar-refractivity contribution in [3.63, 3.8) is 0 Å². The summed E-state index contributed by atoms with van der Waals surface area (Å²) in [7, 11) is 1.64. The van der Waals surface area contributed by atoms with E-state index in [2.05, 4.69) is 10.6 Å². The molecule has 1 aliphatic carbocycles. The summed E-state index contributed by atoms with van der Waals surface area (Å²) in [5.41, 5.74) is 3.99. The maximum Gasteiger partial charge on any atom is 0.228 e. The summed E-state index contributed by atoms with van der Waals surface area (Å²) in [6.07, 6.45) is 1.30. The second kappa shape index (κ2) is 8.25. The monoisotopic (exact) mass is 366 g/mol. The average molecular weight is 366 g/mol. The van der Waals surface area contributed by atoms with Crippen LogP contribution in [0.3, 0.4) is 0 Å². The first kappa shape index (κ1) is 19.0. The van der Waals surface area contributed by atoms with E-state index >= 15 is 0 Å². The Morgan fingerprint density at radius 2 is 1.81 bits per heavy atom. The summed E-state index contributed by atoms with van der Waals surface area (Å²) in [5, 5.41) is 5.90. The van der Waals surface area contributed by atoms with Crippen LogP contribution in [0.4, 0.5) is 5.69 Å². The smallest absolute Gasteiger partial charge is 0.228 e. The normalized spacial score (nSPS) is 17.9. The van der Waals surface area contributed by atoms with Gasteiger partial charge in [0, 0.05) is 12.2 Å². The summed E-state index contributed by atoms with van der Waals surface area (Å²) in [4.78, 5) is 24.7. The molecule has 2 atom stereocenters. The van der Waals surface area contributed by atoms with E-state index in [-0.39, 0.29) is 23.7 Å². The standard InChI is InChI=1S/C22H26N2O3/c1-14-8-9-15(2)19(12-14)24-22(26)18-13-17(18)21(25)23-11-10-16-6-4-5-7-20(16)27-3/h4-9,12,17-18H,10-11,13H2,1-3H3,(H,23,25)(H,24,26). The number of benzene rings is 2. The lowest BCUT2D eigenvalue weighted by molar-refractivity contribution is -0.125. The van der Waals surface area contributed by atoms with Gasteiger partial charge in [-0.25, -0.2) is 0 Å². The van der Waals surface area contributed by atoms with Crippen LogP contribution in [0.2, 0.25) is 0 Å². The van der Waals surface area contributed by atoms with Gasteiger partial charge in [0.25, 0.3) is 0 Å². The molecule has 2 aromatic rings. The van der Waals surface area contributed by atoms with Gasteiger partial charge in [0.2, 0.25) is 11.8 Å². The first-order valence-electron chi connectivity index (χ1n) is 9.27. The zero-order chi connectivity index (χ0) is 19.4. The number of carbonyl (C=O) groups is 2. The number of carbonyl (C=O) groups excluding carboxylic acids is 2. The Morgan fingerprint density at radius 1 is 1.07 bits per heavy atom. The minimum absolute atomic E-state index is 0.0500. The summed E-state index contributed by atoms with van der Waals surface area (Å²) in [5.74, 6) is 0.229. The highest BCUT2D eigenvalue weighted by Crippen LogP contribution is 2.39. The van der Waals surface area contributed by atoms with Crippen molar-refractivity contribution in [2.75, 3.05) is 19.0 Å². The third-order valence-corrected chi connectivity index (χ3v) is 5.00. The maximum atomic E-state index is 12.4. The molecule has 2 amide bonds. The van der Waals surface area contributed by atoms with Crippen molar-refractivity contribution in [1.82, 2.24) is 5.32 Å². The Bertz CT molecular complexity index is 847. The molecule has 0 aromatic heterocycles. The lowest BCUT2D eigenvalue weighted by atomic mass is 10.1. The lowest BCUT2D eigenvalue weighted by Crippen LogP contribution is -2.29. The SMILES string of the molecule is COc1ccccc1CCNC(=O)C1CC1C(=O)Nc1cc(C)ccc1C. The Hall–Kier alpha value is -2.82. The van der Waals surface area contributed by atoms with Gasteiger partial charge >= 0.3 is 0 Å². The van der Waals surface area contributed by atoms with Gasteiger partial charge in [-0.3, -0.25) is 9.59 Å². The molecule has 0 heterocycles. The van der Waals surface area contributed by atoms with E-state index in [0.717, 1.165) is 28.1 Å². The minimum atomic E-state index is -0.240. The van der Waals surface area contributed by atoms with Crippen molar-refractivity contribution < 1.29 is 14.3 Å². The van der Waals surface area contributed by atoms with Crippen LogP contribution >= 0.6 is 0 Å². The maximum absolute atomic E-state index is 12.4. The molecule has 0 radical (unpaired) electrons. The first-order valence-corrected chi connectivity index (χ1v) is 9.27. The van der Waals surface area contributed by atoms with Crippen molar-refractivity contribution in [3.05, 3.63) is 59.2 Å². The molecule has 142 valence electrons. The molecule has 0 bridgehead atoms. The summed E-state index contributed by atoms with van der Waals surface area (Å²) >= 11 is 0. The van der Waals surface area contributed by atoms with Crippen molar-refractivity contribution in [1.29, 1.82) is 0 Å². The van der Waals surface area contributed by atoms with Crippen LogP contribution in [0.5, 0.6) is 5.75 Å². The highest BCUT2D eigenvalue weighted by atomic mass is 16.5. The fourth-order valence-electron chi connectivity index (χ4n) is 3.23. The fraction of sp³-hybridized carbons (Fsp3) is 0.364. The number of amides is 2. The van der Waals surface area contributed by atoms with Crippen molar-refractivity contribution >= 4 is 17.5 Å². The third kappa shape index (κ3) is 4.67. The topological polar surface area (TPSA) is 67.4 Å². The minimum Gasteiger partial charge on any atom is -0.496 e. The lowest BCUT2D eigenvalue weighted by Gasteiger charge is -2.10. The van der Waals surface area contributed by atoms with Crippen LogP contribution in [0.15, 0.2) is 42.5 Å². The molecule has 0 spiro atoms. The molecule has 5 heteroatoms. The van der Waals surface area contributed by atoms with Gasteiger partial charge in [-0.15, -0.1) is 0 Å². The van der Waals surface area contributed by atoms with Crippen molar-refractivity contribution in [3.8, 4) is 5.75 Å². The van der Waals surface area contributed by atoms with Crippen molar-refractivity contribution in [2.45, 2.75) is 26.7 Å². The van der Waals surface area contributed by atoms with Gasteiger partial charge in [-0.05, 0) is 55.5 Å². The highest BCUT2D eigenvalue weighted by Gasteiger charge is 2.47. The summed E-state index contributed by atoms with van der Waals surface area (Å²) < 4.78 is 5.32. The van der Waals surface area contributed by atoms with Gasteiger partial charge in [-0.2, -0.15) is 0 Å². The zero-order valence-corrected chi connectivity index (χ0v) is 16.0. The molecule has 2 aromatic carbocycles. The fourth-order valence-corrected chi connectivity index (χ4v) is 3.23. The number of hydrogen-bond donors (Lipinski definition) is 2. The van der Waals surface area contributed by atoms with E-state index in [1.54, 1.807) is 7.11 Å². The third-order valence-electron chi connectivity index (χ3n) is 5.00. The van der Waals surface area contributed by atoms with Gasteiger partial charge < -0.3 is 15.4 Å².